The number of aliphatic carboxylic acids is 1. The van der Waals surface area contributed by atoms with E-state index in [1.807, 2.05) is 18.2 Å². The number of amides is 3. The number of hydrogen-bond acceptors (Lipinski definition) is 4. The predicted molar refractivity (Wildman–Crippen MR) is 112 cm³/mol. The van der Waals surface area contributed by atoms with Crippen LogP contribution in [0.4, 0.5) is 5.69 Å². The van der Waals surface area contributed by atoms with Gasteiger partial charge in [0, 0.05) is 16.8 Å². The van der Waals surface area contributed by atoms with Crippen LogP contribution in [0.25, 0.3) is 0 Å². The average molecular weight is 419 g/mol. The van der Waals surface area contributed by atoms with Gasteiger partial charge in [-0.05, 0) is 54.7 Å². The van der Waals surface area contributed by atoms with Gasteiger partial charge in [-0.1, -0.05) is 30.4 Å². The first-order valence-electron chi connectivity index (χ1n) is 9.92. The number of allylic oxidation sites excluding steroid dienone is 2. The second-order valence-corrected chi connectivity index (χ2v) is 7.68. The van der Waals surface area contributed by atoms with Crippen molar-refractivity contribution in [2.75, 3.05) is 5.32 Å². The first kappa shape index (κ1) is 20.3. The van der Waals surface area contributed by atoms with Crippen molar-refractivity contribution in [3.05, 3.63) is 77.9 Å². The Hall–Kier alpha value is -3.94. The lowest BCUT2D eigenvalue weighted by Gasteiger charge is -2.23. The maximum absolute atomic E-state index is 12.5. The SMILES string of the molecule is O=C(NNC(=O)[C@@H]1[C@H](C(=O)O)[C@H]2C=C[C@H]1C2)c1ccc(NC(=O)c2ccccc2)cc1. The maximum Gasteiger partial charge on any atom is 0.307 e. The number of carboxylic acid groups (broad SMARTS) is 1. The van der Waals surface area contributed by atoms with Crippen molar-refractivity contribution in [1.29, 1.82) is 0 Å². The number of anilines is 1. The summed E-state index contributed by atoms with van der Waals surface area (Å²) in [5.74, 6) is -4.08. The summed E-state index contributed by atoms with van der Waals surface area (Å²) in [6.45, 7) is 0. The van der Waals surface area contributed by atoms with Crippen LogP contribution in [0.2, 0.25) is 0 Å². The van der Waals surface area contributed by atoms with E-state index in [0.717, 1.165) is 0 Å². The molecule has 2 aromatic rings. The highest BCUT2D eigenvalue weighted by atomic mass is 16.4. The zero-order valence-corrected chi connectivity index (χ0v) is 16.4. The van der Waals surface area contributed by atoms with Crippen molar-refractivity contribution in [2.24, 2.45) is 23.7 Å². The van der Waals surface area contributed by atoms with E-state index in [0.29, 0.717) is 17.7 Å². The Balaban J connectivity index is 1.33. The number of rotatable bonds is 5. The Labute approximate surface area is 178 Å². The highest BCUT2D eigenvalue weighted by Gasteiger charge is 2.51. The number of carbonyl (C=O) groups excluding carboxylic acids is 3. The standard InChI is InChI=1S/C23H21N3O5/c27-20(13-4-2-1-3-5-13)24-17-10-8-14(9-11-17)21(28)25-26-22(29)18-15-6-7-16(12-15)19(18)23(30)31/h1-11,15-16,18-19H,12H2,(H,24,27)(H,25,28)(H,26,29)(H,30,31)/t15-,16-,18-,19+/m0/s1. The third-order valence-corrected chi connectivity index (χ3v) is 5.79. The topological polar surface area (TPSA) is 125 Å². The summed E-state index contributed by atoms with van der Waals surface area (Å²) < 4.78 is 0. The molecular weight excluding hydrogens is 398 g/mol. The molecule has 31 heavy (non-hydrogen) atoms. The van der Waals surface area contributed by atoms with E-state index >= 15 is 0 Å². The zero-order valence-electron chi connectivity index (χ0n) is 16.4. The van der Waals surface area contributed by atoms with Gasteiger partial charge in [0.15, 0.2) is 0 Å². The minimum Gasteiger partial charge on any atom is -0.481 e. The Bertz CT molecular complexity index is 1050. The summed E-state index contributed by atoms with van der Waals surface area (Å²) in [6.07, 6.45) is 4.36. The average Bonchev–Trinajstić information content (AvgIpc) is 3.40. The Morgan fingerprint density at radius 1 is 0.742 bits per heavy atom. The van der Waals surface area contributed by atoms with Crippen LogP contribution in [0.15, 0.2) is 66.7 Å². The second kappa shape index (κ2) is 8.43. The van der Waals surface area contributed by atoms with E-state index in [9.17, 15) is 24.3 Å². The van der Waals surface area contributed by atoms with Gasteiger partial charge in [-0.3, -0.25) is 30.0 Å². The molecule has 8 heteroatoms. The molecule has 158 valence electrons. The Morgan fingerprint density at radius 2 is 1.35 bits per heavy atom. The van der Waals surface area contributed by atoms with E-state index in [-0.39, 0.29) is 23.3 Å². The van der Waals surface area contributed by atoms with Crippen LogP contribution in [0.5, 0.6) is 0 Å². The minimum absolute atomic E-state index is 0.129. The van der Waals surface area contributed by atoms with Gasteiger partial charge in [0.25, 0.3) is 11.8 Å². The quantitative estimate of drug-likeness (QED) is 0.437. The van der Waals surface area contributed by atoms with Gasteiger partial charge >= 0.3 is 5.97 Å². The van der Waals surface area contributed by atoms with Gasteiger partial charge < -0.3 is 10.4 Å². The third kappa shape index (κ3) is 4.18. The molecule has 0 saturated heterocycles. The molecular formula is C23H21N3O5. The number of hydrazine groups is 1. The lowest BCUT2D eigenvalue weighted by molar-refractivity contribution is -0.148. The molecule has 3 amide bonds. The van der Waals surface area contributed by atoms with Crippen molar-refractivity contribution < 1.29 is 24.3 Å². The first-order chi connectivity index (χ1) is 14.9. The van der Waals surface area contributed by atoms with Crippen LogP contribution in [0, 0.1) is 23.7 Å². The van der Waals surface area contributed by atoms with Gasteiger partial charge in [0.05, 0.1) is 11.8 Å². The molecule has 2 aliphatic rings. The second-order valence-electron chi connectivity index (χ2n) is 7.68. The molecule has 1 fully saturated rings. The van der Waals surface area contributed by atoms with Crippen LogP contribution >= 0.6 is 0 Å². The summed E-state index contributed by atoms with van der Waals surface area (Å²) >= 11 is 0. The lowest BCUT2D eigenvalue weighted by atomic mass is 9.82. The number of fused-ring (bicyclic) bond motifs is 2. The molecule has 0 heterocycles. The van der Waals surface area contributed by atoms with E-state index in [1.54, 1.807) is 36.4 Å². The minimum atomic E-state index is -1.00. The lowest BCUT2D eigenvalue weighted by Crippen LogP contribution is -2.48. The number of nitrogens with one attached hydrogen (secondary N) is 3. The van der Waals surface area contributed by atoms with E-state index in [1.165, 1.54) is 12.1 Å². The molecule has 0 aliphatic heterocycles. The Morgan fingerprint density at radius 3 is 2.00 bits per heavy atom. The first-order valence-corrected chi connectivity index (χ1v) is 9.92. The Kier molecular flexibility index (Phi) is 5.53. The molecule has 0 spiro atoms. The van der Waals surface area contributed by atoms with E-state index in [4.69, 9.17) is 0 Å². The molecule has 8 nitrogen and oxygen atoms in total. The van der Waals surface area contributed by atoms with Crippen molar-refractivity contribution in [1.82, 2.24) is 10.9 Å². The molecule has 4 rings (SSSR count). The number of hydrogen-bond donors (Lipinski definition) is 4. The van der Waals surface area contributed by atoms with Gasteiger partial charge in [0.1, 0.15) is 0 Å². The fourth-order valence-corrected chi connectivity index (χ4v) is 4.29. The summed E-state index contributed by atoms with van der Waals surface area (Å²) in [5, 5.41) is 12.2. The molecule has 4 N–H and O–H groups in total. The van der Waals surface area contributed by atoms with E-state index in [2.05, 4.69) is 16.2 Å². The number of benzene rings is 2. The monoisotopic (exact) mass is 419 g/mol. The summed E-state index contributed by atoms with van der Waals surface area (Å²) in [6, 6.07) is 14.9. The summed E-state index contributed by atoms with van der Waals surface area (Å²) in [5.41, 5.74) is 6.01. The fraction of sp³-hybridized carbons (Fsp3) is 0.217. The largest absolute Gasteiger partial charge is 0.481 e. The fourth-order valence-electron chi connectivity index (χ4n) is 4.29. The molecule has 0 unspecified atom stereocenters. The number of carbonyl (C=O) groups is 4. The predicted octanol–water partition coefficient (Wildman–Crippen LogP) is 2.22. The summed E-state index contributed by atoms with van der Waals surface area (Å²) in [4.78, 5) is 48.6. The van der Waals surface area contributed by atoms with Crippen molar-refractivity contribution in [2.45, 2.75) is 6.42 Å². The van der Waals surface area contributed by atoms with Crippen molar-refractivity contribution in [3.8, 4) is 0 Å². The molecule has 2 aliphatic carbocycles. The molecule has 0 aromatic heterocycles. The van der Waals surface area contributed by atoms with Crippen LogP contribution in [0.1, 0.15) is 27.1 Å². The van der Waals surface area contributed by atoms with Gasteiger partial charge in [0.2, 0.25) is 5.91 Å². The zero-order chi connectivity index (χ0) is 22.0. The molecule has 1 saturated carbocycles. The smallest absolute Gasteiger partial charge is 0.307 e. The van der Waals surface area contributed by atoms with Crippen LogP contribution in [0.3, 0.4) is 0 Å². The van der Waals surface area contributed by atoms with Gasteiger partial charge in [-0.2, -0.15) is 0 Å². The van der Waals surface area contributed by atoms with Gasteiger partial charge in [-0.25, -0.2) is 0 Å². The highest BCUT2D eigenvalue weighted by molar-refractivity contribution is 6.04. The van der Waals surface area contributed by atoms with Gasteiger partial charge in [-0.15, -0.1) is 0 Å². The molecule has 2 bridgehead atoms. The normalized spacial score (nSPS) is 23.2. The third-order valence-electron chi connectivity index (χ3n) is 5.79. The van der Waals surface area contributed by atoms with Crippen molar-refractivity contribution in [3.63, 3.8) is 0 Å². The maximum atomic E-state index is 12.5. The molecule has 4 atom stereocenters. The van der Waals surface area contributed by atoms with Crippen LogP contribution in [-0.2, 0) is 9.59 Å². The van der Waals surface area contributed by atoms with Crippen LogP contribution in [-0.4, -0.2) is 28.8 Å². The van der Waals surface area contributed by atoms with Crippen LogP contribution < -0.4 is 16.2 Å². The molecule has 0 radical (unpaired) electrons. The van der Waals surface area contributed by atoms with Crippen molar-refractivity contribution >= 4 is 29.4 Å². The van der Waals surface area contributed by atoms with E-state index < -0.39 is 29.6 Å². The highest BCUT2D eigenvalue weighted by Crippen LogP contribution is 2.48. The number of carboxylic acids is 1. The summed E-state index contributed by atoms with van der Waals surface area (Å²) in [7, 11) is 0. The molecule has 2 aromatic carbocycles.